The molecular weight excluding hydrogens is 471 g/mol. The van der Waals surface area contributed by atoms with Crippen LogP contribution in [0.15, 0.2) is 84.9 Å². The van der Waals surface area contributed by atoms with Gasteiger partial charge in [-0.15, -0.1) is 0 Å². The maximum Gasteiger partial charge on any atom is 0.310 e. The average molecular weight is 495 g/mol. The second-order valence-corrected chi connectivity index (χ2v) is 9.35. The lowest BCUT2D eigenvalue weighted by molar-refractivity contribution is -0.147. The molecule has 0 aromatic heterocycles. The molecule has 5 heteroatoms. The fraction of sp³-hybridized carbons (Fsp3) is 0.222. The van der Waals surface area contributed by atoms with Gasteiger partial charge in [0.05, 0.1) is 5.92 Å². The number of hydrogen-bond donors (Lipinski definition) is 0. The van der Waals surface area contributed by atoms with Gasteiger partial charge < -0.3 is 9.47 Å². The van der Waals surface area contributed by atoms with Gasteiger partial charge in [-0.25, -0.2) is 4.39 Å². The van der Waals surface area contributed by atoms with E-state index in [0.29, 0.717) is 11.3 Å². The van der Waals surface area contributed by atoms with E-state index >= 15 is 0 Å². The highest BCUT2D eigenvalue weighted by molar-refractivity contribution is 9.15. The lowest BCUT2D eigenvalue weighted by atomic mass is 10.1. The Bertz CT molecular complexity index is 1130. The predicted molar refractivity (Wildman–Crippen MR) is 127 cm³/mol. The van der Waals surface area contributed by atoms with Crippen LogP contribution in [0, 0.1) is 23.1 Å². The van der Waals surface area contributed by atoms with Crippen LogP contribution >= 0.6 is 15.9 Å². The molecule has 1 aliphatic carbocycles. The fourth-order valence-electron chi connectivity index (χ4n) is 3.87. The highest BCUT2D eigenvalue weighted by Crippen LogP contribution is 2.60. The van der Waals surface area contributed by atoms with Crippen LogP contribution in [0.4, 0.5) is 4.39 Å². The van der Waals surface area contributed by atoms with E-state index in [0.717, 1.165) is 10.0 Å². The van der Waals surface area contributed by atoms with Crippen LogP contribution in [-0.2, 0) is 16.1 Å². The van der Waals surface area contributed by atoms with Gasteiger partial charge in [0.2, 0.25) is 0 Å². The van der Waals surface area contributed by atoms with Crippen LogP contribution in [0.2, 0.25) is 0 Å². The summed E-state index contributed by atoms with van der Waals surface area (Å²) in [7, 11) is 0. The summed E-state index contributed by atoms with van der Waals surface area (Å²) in [6, 6.07) is 23.5. The Balaban J connectivity index is 1.40. The van der Waals surface area contributed by atoms with Gasteiger partial charge in [0.15, 0.2) is 11.6 Å². The van der Waals surface area contributed by atoms with Gasteiger partial charge >= 0.3 is 5.97 Å². The number of carbonyl (C=O) groups is 1. The molecule has 3 aromatic carbocycles. The second kappa shape index (κ2) is 9.29. The normalized spacial score (nSPS) is 19.3. The predicted octanol–water partition coefficient (Wildman–Crippen LogP) is 7.37. The first kappa shape index (κ1) is 22.3. The van der Waals surface area contributed by atoms with Gasteiger partial charge in [0.1, 0.15) is 12.4 Å². The van der Waals surface area contributed by atoms with Crippen molar-refractivity contribution in [1.29, 1.82) is 0 Å². The average Bonchev–Trinajstić information content (AvgIpc) is 3.34. The molecule has 1 fully saturated rings. The fourth-order valence-corrected chi connectivity index (χ4v) is 4.41. The van der Waals surface area contributed by atoms with Crippen molar-refractivity contribution in [3.8, 4) is 11.5 Å². The molecule has 0 heterocycles. The van der Waals surface area contributed by atoms with E-state index in [1.165, 1.54) is 6.07 Å². The summed E-state index contributed by atoms with van der Waals surface area (Å²) in [5.74, 6) is -0.222. The first-order chi connectivity index (χ1) is 15.4. The standard InChI is InChI=1S/C27H24BrFO3/c1-27(2)21(16-22(28)19-9-5-3-6-10-19)25(27)26(30)31-17-18-13-14-23(29)24(15-18)32-20-11-7-4-8-12-20/h3-16,21,25H,17H2,1-2H3/b22-16-. The molecule has 164 valence electrons. The number of allylic oxidation sites excluding steroid dienone is 1. The van der Waals surface area contributed by atoms with Crippen LogP contribution in [-0.4, -0.2) is 5.97 Å². The number of rotatable bonds is 7. The quantitative estimate of drug-likeness (QED) is 0.321. The van der Waals surface area contributed by atoms with Crippen molar-refractivity contribution in [2.45, 2.75) is 20.5 Å². The number of esters is 1. The maximum atomic E-state index is 14.2. The Hall–Kier alpha value is -2.92. The van der Waals surface area contributed by atoms with E-state index < -0.39 is 5.82 Å². The van der Waals surface area contributed by atoms with Gasteiger partial charge in [0, 0.05) is 4.48 Å². The molecule has 4 rings (SSSR count). The smallest absolute Gasteiger partial charge is 0.310 e. The zero-order chi connectivity index (χ0) is 22.7. The Morgan fingerprint density at radius 3 is 2.38 bits per heavy atom. The molecule has 2 unspecified atom stereocenters. The summed E-state index contributed by atoms with van der Waals surface area (Å²) in [5.41, 5.74) is 1.55. The summed E-state index contributed by atoms with van der Waals surface area (Å²) in [6.07, 6.45) is 2.09. The molecule has 32 heavy (non-hydrogen) atoms. The van der Waals surface area contributed by atoms with Gasteiger partial charge in [-0.1, -0.05) is 90.5 Å². The van der Waals surface area contributed by atoms with Crippen LogP contribution in [0.5, 0.6) is 11.5 Å². The molecule has 1 saturated carbocycles. The summed E-state index contributed by atoms with van der Waals surface area (Å²) in [5, 5.41) is 0. The third-order valence-electron chi connectivity index (χ3n) is 5.89. The molecule has 0 bridgehead atoms. The Morgan fingerprint density at radius 1 is 1.03 bits per heavy atom. The number of para-hydroxylation sites is 1. The van der Waals surface area contributed by atoms with E-state index in [4.69, 9.17) is 9.47 Å². The van der Waals surface area contributed by atoms with Crippen molar-refractivity contribution in [3.63, 3.8) is 0 Å². The topological polar surface area (TPSA) is 35.5 Å². The number of benzene rings is 3. The summed E-state index contributed by atoms with van der Waals surface area (Å²) < 4.78 is 26.3. The third kappa shape index (κ3) is 4.94. The van der Waals surface area contributed by atoms with Crippen LogP contribution in [0.25, 0.3) is 4.48 Å². The molecule has 0 spiro atoms. The Kier molecular flexibility index (Phi) is 6.47. The van der Waals surface area contributed by atoms with Crippen molar-refractivity contribution < 1.29 is 18.7 Å². The SMILES string of the molecule is CC1(C)C(/C=C(\Br)c2ccccc2)C1C(=O)OCc1ccc(F)c(Oc2ccccc2)c1. The van der Waals surface area contributed by atoms with Crippen LogP contribution < -0.4 is 4.74 Å². The molecular formula is C27H24BrFO3. The van der Waals surface area contributed by atoms with Crippen molar-refractivity contribution in [1.82, 2.24) is 0 Å². The molecule has 0 amide bonds. The van der Waals surface area contributed by atoms with Crippen molar-refractivity contribution in [2.75, 3.05) is 0 Å². The van der Waals surface area contributed by atoms with Gasteiger partial charge in [-0.2, -0.15) is 0 Å². The summed E-state index contributed by atoms with van der Waals surface area (Å²) in [6.45, 7) is 4.19. The summed E-state index contributed by atoms with van der Waals surface area (Å²) in [4.78, 5) is 12.8. The van der Waals surface area contributed by atoms with Crippen molar-refractivity contribution in [3.05, 3.63) is 102 Å². The number of hydrogen-bond acceptors (Lipinski definition) is 3. The third-order valence-corrected chi connectivity index (χ3v) is 6.61. The molecule has 0 N–H and O–H groups in total. The van der Waals surface area contributed by atoms with Gasteiger partial charge in [-0.3, -0.25) is 4.79 Å². The van der Waals surface area contributed by atoms with Gasteiger partial charge in [0.25, 0.3) is 0 Å². The highest BCUT2D eigenvalue weighted by atomic mass is 79.9. The number of carbonyl (C=O) groups excluding carboxylic acids is 1. The lowest BCUT2D eigenvalue weighted by Crippen LogP contribution is -2.10. The molecule has 1 aliphatic rings. The zero-order valence-corrected chi connectivity index (χ0v) is 19.5. The number of ether oxygens (including phenoxy) is 2. The minimum absolute atomic E-state index is 0.0626. The molecule has 2 atom stereocenters. The zero-order valence-electron chi connectivity index (χ0n) is 17.9. The van der Waals surface area contributed by atoms with E-state index in [9.17, 15) is 9.18 Å². The Morgan fingerprint density at radius 2 is 1.69 bits per heavy atom. The first-order valence-corrected chi connectivity index (χ1v) is 11.3. The van der Waals surface area contributed by atoms with Crippen molar-refractivity contribution >= 4 is 26.4 Å². The minimum Gasteiger partial charge on any atom is -0.461 e. The summed E-state index contributed by atoms with van der Waals surface area (Å²) >= 11 is 3.63. The minimum atomic E-state index is -0.469. The van der Waals surface area contributed by atoms with E-state index in [1.54, 1.807) is 24.3 Å². The Labute approximate surface area is 196 Å². The molecule has 3 aromatic rings. The highest BCUT2D eigenvalue weighted by Gasteiger charge is 2.61. The van der Waals surface area contributed by atoms with E-state index in [-0.39, 0.29) is 35.6 Å². The number of halogens is 2. The second-order valence-electron chi connectivity index (χ2n) is 8.49. The molecule has 3 nitrogen and oxygen atoms in total. The first-order valence-electron chi connectivity index (χ1n) is 10.5. The largest absolute Gasteiger partial charge is 0.461 e. The molecule has 0 aliphatic heterocycles. The molecule has 0 radical (unpaired) electrons. The van der Waals surface area contributed by atoms with E-state index in [2.05, 4.69) is 35.9 Å². The molecule has 0 saturated heterocycles. The van der Waals surface area contributed by atoms with Gasteiger partial charge in [-0.05, 0) is 46.7 Å². The lowest BCUT2D eigenvalue weighted by Gasteiger charge is -2.10. The maximum absolute atomic E-state index is 14.2. The van der Waals surface area contributed by atoms with Crippen LogP contribution in [0.3, 0.4) is 0 Å². The van der Waals surface area contributed by atoms with Crippen LogP contribution in [0.1, 0.15) is 25.0 Å². The monoisotopic (exact) mass is 494 g/mol. The van der Waals surface area contributed by atoms with E-state index in [1.807, 2.05) is 48.5 Å². The van der Waals surface area contributed by atoms with Crippen molar-refractivity contribution in [2.24, 2.45) is 17.3 Å².